The molecular weight excluding hydrogens is 260 g/mol. The second kappa shape index (κ2) is 7.14. The van der Waals surface area contributed by atoms with Gasteiger partial charge in [0.05, 0.1) is 0 Å². The van der Waals surface area contributed by atoms with Gasteiger partial charge in [-0.15, -0.1) is 0 Å². The molecule has 0 aliphatic carbocycles. The van der Waals surface area contributed by atoms with E-state index in [2.05, 4.69) is 5.32 Å². The van der Waals surface area contributed by atoms with Gasteiger partial charge in [-0.3, -0.25) is 13.9 Å². The maximum absolute atomic E-state index is 12.2. The lowest BCUT2D eigenvalue weighted by Gasteiger charge is -2.19. The molecule has 0 aliphatic heterocycles. The predicted octanol–water partition coefficient (Wildman–Crippen LogP) is 0.376. The van der Waals surface area contributed by atoms with E-state index in [1.807, 2.05) is 13.8 Å². The van der Waals surface area contributed by atoms with Crippen LogP contribution in [0.4, 0.5) is 11.5 Å². The molecule has 0 amide bonds. The van der Waals surface area contributed by atoms with E-state index in [4.69, 9.17) is 10.5 Å². The highest BCUT2D eigenvalue weighted by molar-refractivity contribution is 5.61. The smallest absolute Gasteiger partial charge is 0.332 e. The monoisotopic (exact) mass is 284 g/mol. The molecule has 3 N–H and O–H groups in total. The molecule has 0 aromatic carbocycles. The van der Waals surface area contributed by atoms with Gasteiger partial charge in [0.25, 0.3) is 5.56 Å². The fourth-order valence-corrected chi connectivity index (χ4v) is 1.97. The van der Waals surface area contributed by atoms with Crippen molar-refractivity contribution in [2.24, 2.45) is 7.05 Å². The molecule has 0 radical (unpaired) electrons. The number of rotatable bonds is 7. The van der Waals surface area contributed by atoms with Gasteiger partial charge < -0.3 is 15.8 Å². The van der Waals surface area contributed by atoms with Crippen molar-refractivity contribution in [3.8, 4) is 0 Å². The minimum atomic E-state index is -0.399. The Morgan fingerprint density at radius 3 is 2.60 bits per heavy atom. The summed E-state index contributed by atoms with van der Waals surface area (Å²) in [6.07, 6.45) is 1.51. The zero-order valence-electron chi connectivity index (χ0n) is 12.6. The molecule has 7 heteroatoms. The topological polar surface area (TPSA) is 91.3 Å². The highest BCUT2D eigenvalue weighted by Crippen LogP contribution is 2.13. The van der Waals surface area contributed by atoms with Crippen LogP contribution in [-0.4, -0.2) is 28.9 Å². The summed E-state index contributed by atoms with van der Waals surface area (Å²) >= 11 is 0. The highest BCUT2D eigenvalue weighted by atomic mass is 16.5. The Morgan fingerprint density at radius 2 is 2.05 bits per heavy atom. The third kappa shape index (κ3) is 3.41. The lowest BCUT2D eigenvalue weighted by Crippen LogP contribution is -2.41. The van der Waals surface area contributed by atoms with Crippen molar-refractivity contribution < 1.29 is 4.74 Å². The Hall–Kier alpha value is -1.76. The van der Waals surface area contributed by atoms with Crippen molar-refractivity contribution in [1.82, 2.24) is 9.13 Å². The van der Waals surface area contributed by atoms with Gasteiger partial charge >= 0.3 is 5.69 Å². The van der Waals surface area contributed by atoms with E-state index >= 15 is 0 Å². The minimum absolute atomic E-state index is 0.0255. The lowest BCUT2D eigenvalue weighted by molar-refractivity contribution is 0.191. The summed E-state index contributed by atoms with van der Waals surface area (Å²) in [5.41, 5.74) is 5.47. The van der Waals surface area contributed by atoms with E-state index in [1.54, 1.807) is 7.11 Å². The van der Waals surface area contributed by atoms with Gasteiger partial charge in [0, 0.05) is 33.4 Å². The molecule has 0 bridgehead atoms. The number of nitrogen functional groups attached to an aromatic ring is 1. The van der Waals surface area contributed by atoms with E-state index in [-0.39, 0.29) is 23.2 Å². The lowest BCUT2D eigenvalue weighted by atomic mass is 10.2. The molecular formula is C13H24N4O3. The molecule has 1 atom stereocenters. The molecule has 0 fully saturated rings. The standard InChI is InChI=1S/C13H24N4O3/c1-5-7-17-11(14)10(12(18)16(3)13(17)19)15-9(2)6-8-20-4/h9,15H,5-8,14H2,1-4H3. The summed E-state index contributed by atoms with van der Waals surface area (Å²) in [6.45, 7) is 4.96. The number of ether oxygens (including phenoxy) is 1. The number of hydrogen-bond donors (Lipinski definition) is 2. The summed E-state index contributed by atoms with van der Waals surface area (Å²) in [4.78, 5) is 24.2. The van der Waals surface area contributed by atoms with Crippen LogP contribution in [0.5, 0.6) is 0 Å². The largest absolute Gasteiger partial charge is 0.385 e. The molecule has 20 heavy (non-hydrogen) atoms. The number of nitrogens with zero attached hydrogens (tertiary/aromatic N) is 2. The van der Waals surface area contributed by atoms with Crippen LogP contribution in [0.15, 0.2) is 9.59 Å². The average molecular weight is 284 g/mol. The van der Waals surface area contributed by atoms with Crippen LogP contribution in [-0.2, 0) is 18.3 Å². The van der Waals surface area contributed by atoms with Gasteiger partial charge in [0.1, 0.15) is 11.5 Å². The Morgan fingerprint density at radius 1 is 1.40 bits per heavy atom. The van der Waals surface area contributed by atoms with Gasteiger partial charge in [-0.05, 0) is 19.8 Å². The minimum Gasteiger partial charge on any atom is -0.385 e. The Labute approximate surface area is 118 Å². The van der Waals surface area contributed by atoms with Crippen LogP contribution >= 0.6 is 0 Å². The molecule has 1 heterocycles. The van der Waals surface area contributed by atoms with Gasteiger partial charge in [-0.1, -0.05) is 6.92 Å². The third-order valence-electron chi connectivity index (χ3n) is 3.18. The Balaban J connectivity index is 3.19. The number of aromatic nitrogens is 2. The number of methoxy groups -OCH3 is 1. The van der Waals surface area contributed by atoms with Crippen LogP contribution in [0, 0.1) is 0 Å². The number of hydrogen-bond acceptors (Lipinski definition) is 5. The van der Waals surface area contributed by atoms with Gasteiger partial charge in [0.2, 0.25) is 0 Å². The van der Waals surface area contributed by atoms with Crippen LogP contribution in [0.3, 0.4) is 0 Å². The van der Waals surface area contributed by atoms with E-state index < -0.39 is 5.56 Å². The van der Waals surface area contributed by atoms with Crippen LogP contribution in [0.1, 0.15) is 26.7 Å². The van der Waals surface area contributed by atoms with E-state index in [0.717, 1.165) is 17.4 Å². The van der Waals surface area contributed by atoms with Crippen molar-refractivity contribution in [2.75, 3.05) is 24.8 Å². The average Bonchev–Trinajstić information content (AvgIpc) is 2.43. The quantitative estimate of drug-likeness (QED) is 0.755. The summed E-state index contributed by atoms with van der Waals surface area (Å²) in [6, 6.07) is 0.0255. The summed E-state index contributed by atoms with van der Waals surface area (Å²) in [5, 5.41) is 3.08. The molecule has 0 saturated carbocycles. The van der Waals surface area contributed by atoms with Crippen LogP contribution in [0.2, 0.25) is 0 Å². The fourth-order valence-electron chi connectivity index (χ4n) is 1.97. The van der Waals surface area contributed by atoms with E-state index in [1.165, 1.54) is 11.6 Å². The Bertz CT molecular complexity index is 562. The van der Waals surface area contributed by atoms with Crippen LogP contribution < -0.4 is 22.3 Å². The third-order valence-corrected chi connectivity index (χ3v) is 3.18. The second-order valence-corrected chi connectivity index (χ2v) is 4.89. The van der Waals surface area contributed by atoms with Gasteiger partial charge in [-0.25, -0.2) is 4.79 Å². The SMILES string of the molecule is CCCn1c(N)c(NC(C)CCOC)c(=O)n(C)c1=O. The summed E-state index contributed by atoms with van der Waals surface area (Å²) in [5.74, 6) is 0.198. The normalized spacial score (nSPS) is 12.4. The van der Waals surface area contributed by atoms with Crippen molar-refractivity contribution in [1.29, 1.82) is 0 Å². The number of nitrogens with one attached hydrogen (secondary N) is 1. The predicted molar refractivity (Wildman–Crippen MR) is 80.2 cm³/mol. The van der Waals surface area contributed by atoms with Crippen LogP contribution in [0.25, 0.3) is 0 Å². The van der Waals surface area contributed by atoms with E-state index in [0.29, 0.717) is 13.2 Å². The first-order valence-corrected chi connectivity index (χ1v) is 6.78. The first kappa shape index (κ1) is 16.3. The summed E-state index contributed by atoms with van der Waals surface area (Å²) < 4.78 is 7.51. The van der Waals surface area contributed by atoms with Crippen molar-refractivity contribution in [2.45, 2.75) is 39.3 Å². The maximum atomic E-state index is 12.2. The highest BCUT2D eigenvalue weighted by Gasteiger charge is 2.16. The van der Waals surface area contributed by atoms with Crippen molar-refractivity contribution >= 4 is 11.5 Å². The molecule has 1 aromatic heterocycles. The molecule has 1 aromatic rings. The molecule has 114 valence electrons. The zero-order valence-corrected chi connectivity index (χ0v) is 12.6. The fraction of sp³-hybridized carbons (Fsp3) is 0.692. The van der Waals surface area contributed by atoms with Gasteiger partial charge in [-0.2, -0.15) is 0 Å². The zero-order chi connectivity index (χ0) is 15.3. The molecule has 7 nitrogen and oxygen atoms in total. The molecule has 1 rings (SSSR count). The second-order valence-electron chi connectivity index (χ2n) is 4.89. The molecule has 1 unspecified atom stereocenters. The summed E-state index contributed by atoms with van der Waals surface area (Å²) in [7, 11) is 3.09. The number of nitrogens with two attached hydrogens (primary N) is 1. The molecule has 0 aliphatic rings. The maximum Gasteiger partial charge on any atom is 0.332 e. The van der Waals surface area contributed by atoms with Crippen molar-refractivity contribution in [3.05, 3.63) is 20.8 Å². The number of anilines is 2. The Kier molecular flexibility index (Phi) is 5.82. The first-order valence-electron chi connectivity index (χ1n) is 6.78. The first-order chi connectivity index (χ1) is 9.43. The van der Waals surface area contributed by atoms with Gasteiger partial charge in [0.15, 0.2) is 0 Å². The molecule has 0 spiro atoms. The van der Waals surface area contributed by atoms with E-state index in [9.17, 15) is 9.59 Å². The molecule has 0 saturated heterocycles. The van der Waals surface area contributed by atoms with Crippen molar-refractivity contribution in [3.63, 3.8) is 0 Å².